The molecular weight excluding hydrogens is 266 g/mol. The number of amides is 1. The summed E-state index contributed by atoms with van der Waals surface area (Å²) in [5.74, 6) is 0.962. The van der Waals surface area contributed by atoms with Crippen molar-refractivity contribution in [2.75, 3.05) is 13.1 Å². The van der Waals surface area contributed by atoms with E-state index in [1.807, 2.05) is 46.1 Å². The van der Waals surface area contributed by atoms with E-state index in [4.69, 9.17) is 4.74 Å². The summed E-state index contributed by atoms with van der Waals surface area (Å²) in [6.07, 6.45) is 9.28. The number of hydrogen-bond donors (Lipinski definition) is 0. The van der Waals surface area contributed by atoms with Gasteiger partial charge in [0.1, 0.15) is 18.4 Å². The zero-order valence-corrected chi connectivity index (χ0v) is 11.9. The summed E-state index contributed by atoms with van der Waals surface area (Å²) in [7, 11) is 0. The second kappa shape index (κ2) is 6.43. The first-order valence-corrected chi connectivity index (χ1v) is 7.26. The van der Waals surface area contributed by atoms with Crippen LogP contribution in [0.3, 0.4) is 0 Å². The highest BCUT2D eigenvalue weighted by Crippen LogP contribution is 2.18. The van der Waals surface area contributed by atoms with Crippen LogP contribution in [0.15, 0.2) is 49.1 Å². The summed E-state index contributed by atoms with van der Waals surface area (Å²) < 4.78 is 7.83. The Bertz CT molecular complexity index is 568. The number of piperidine rings is 1. The van der Waals surface area contributed by atoms with Gasteiger partial charge in [0, 0.05) is 31.3 Å². The van der Waals surface area contributed by atoms with Crippen molar-refractivity contribution in [2.45, 2.75) is 25.5 Å². The Balaban J connectivity index is 1.56. The van der Waals surface area contributed by atoms with E-state index in [2.05, 4.69) is 4.98 Å². The molecule has 1 saturated heterocycles. The molecule has 0 bridgehead atoms. The average molecular weight is 285 g/mol. The van der Waals surface area contributed by atoms with Gasteiger partial charge in [-0.15, -0.1) is 0 Å². The Morgan fingerprint density at radius 3 is 2.81 bits per heavy atom. The quantitative estimate of drug-likeness (QED) is 0.862. The van der Waals surface area contributed by atoms with Gasteiger partial charge in [0.05, 0.1) is 6.54 Å². The molecule has 0 aromatic carbocycles. The molecule has 3 heterocycles. The number of rotatable bonds is 4. The zero-order chi connectivity index (χ0) is 14.5. The highest BCUT2D eigenvalue weighted by atomic mass is 16.5. The predicted molar refractivity (Wildman–Crippen MR) is 78.9 cm³/mol. The lowest BCUT2D eigenvalue weighted by Crippen LogP contribution is -2.45. The number of carbonyl (C=O) groups is 1. The van der Waals surface area contributed by atoms with Crippen molar-refractivity contribution in [1.82, 2.24) is 14.5 Å². The molecule has 5 heteroatoms. The van der Waals surface area contributed by atoms with Gasteiger partial charge in [-0.2, -0.15) is 0 Å². The van der Waals surface area contributed by atoms with Crippen LogP contribution >= 0.6 is 0 Å². The van der Waals surface area contributed by atoms with Crippen molar-refractivity contribution in [2.24, 2.45) is 0 Å². The van der Waals surface area contributed by atoms with Gasteiger partial charge < -0.3 is 14.2 Å². The van der Waals surface area contributed by atoms with Crippen LogP contribution in [0, 0.1) is 0 Å². The predicted octanol–water partition coefficient (Wildman–Crippen LogP) is 1.95. The van der Waals surface area contributed by atoms with Crippen LogP contribution in [-0.4, -0.2) is 39.6 Å². The Kier molecular flexibility index (Phi) is 4.19. The maximum absolute atomic E-state index is 12.3. The third-order valence-corrected chi connectivity index (χ3v) is 3.67. The highest BCUT2D eigenvalue weighted by molar-refractivity contribution is 5.76. The van der Waals surface area contributed by atoms with Crippen LogP contribution in [0.25, 0.3) is 0 Å². The fourth-order valence-electron chi connectivity index (χ4n) is 2.60. The van der Waals surface area contributed by atoms with Crippen molar-refractivity contribution in [1.29, 1.82) is 0 Å². The Labute approximate surface area is 124 Å². The van der Waals surface area contributed by atoms with Gasteiger partial charge in [-0.25, -0.2) is 0 Å². The number of carbonyl (C=O) groups excluding carboxylic acids is 1. The summed E-state index contributed by atoms with van der Waals surface area (Å²) in [5.41, 5.74) is 0. The van der Waals surface area contributed by atoms with E-state index < -0.39 is 0 Å². The molecule has 3 rings (SSSR count). The maximum atomic E-state index is 12.3. The molecule has 1 aliphatic rings. The molecule has 1 aliphatic heterocycles. The first kappa shape index (κ1) is 13.7. The third kappa shape index (κ3) is 3.62. The van der Waals surface area contributed by atoms with E-state index in [9.17, 15) is 4.79 Å². The lowest BCUT2D eigenvalue weighted by molar-refractivity contribution is -0.134. The van der Waals surface area contributed by atoms with Crippen molar-refractivity contribution in [3.05, 3.63) is 49.1 Å². The molecule has 0 saturated carbocycles. The molecule has 1 fully saturated rings. The zero-order valence-electron chi connectivity index (χ0n) is 11.9. The van der Waals surface area contributed by atoms with E-state index in [0.717, 1.165) is 25.1 Å². The van der Waals surface area contributed by atoms with E-state index in [-0.39, 0.29) is 12.0 Å². The summed E-state index contributed by atoms with van der Waals surface area (Å²) >= 11 is 0. The van der Waals surface area contributed by atoms with Gasteiger partial charge in [-0.1, -0.05) is 0 Å². The molecule has 2 aromatic rings. The average Bonchev–Trinajstić information content (AvgIpc) is 3.01. The SMILES string of the molecule is O=C(Cn1cccc1)N1CCCC(Oc2ccncc2)C1. The minimum absolute atomic E-state index is 0.0646. The molecule has 0 radical (unpaired) electrons. The van der Waals surface area contributed by atoms with E-state index >= 15 is 0 Å². The van der Waals surface area contributed by atoms with Crippen LogP contribution in [0.1, 0.15) is 12.8 Å². The first-order chi connectivity index (χ1) is 10.3. The minimum Gasteiger partial charge on any atom is -0.488 e. The molecule has 1 amide bonds. The van der Waals surface area contributed by atoms with Crippen molar-refractivity contribution in [3.63, 3.8) is 0 Å². The normalized spacial score (nSPS) is 18.5. The van der Waals surface area contributed by atoms with E-state index in [1.54, 1.807) is 12.4 Å². The van der Waals surface area contributed by atoms with Gasteiger partial charge in [0.25, 0.3) is 0 Å². The Morgan fingerprint density at radius 2 is 2.05 bits per heavy atom. The van der Waals surface area contributed by atoms with Crippen LogP contribution in [0.5, 0.6) is 5.75 Å². The van der Waals surface area contributed by atoms with Crippen LogP contribution in [0.4, 0.5) is 0 Å². The summed E-state index contributed by atoms with van der Waals surface area (Å²) in [4.78, 5) is 18.2. The minimum atomic E-state index is 0.0646. The fraction of sp³-hybridized carbons (Fsp3) is 0.375. The second-order valence-corrected chi connectivity index (χ2v) is 5.26. The van der Waals surface area contributed by atoms with E-state index in [0.29, 0.717) is 13.1 Å². The number of nitrogens with zero attached hydrogens (tertiary/aromatic N) is 3. The van der Waals surface area contributed by atoms with Gasteiger partial charge in [0.2, 0.25) is 5.91 Å². The Morgan fingerprint density at radius 1 is 1.29 bits per heavy atom. The van der Waals surface area contributed by atoms with Crippen LogP contribution in [-0.2, 0) is 11.3 Å². The van der Waals surface area contributed by atoms with Gasteiger partial charge >= 0.3 is 0 Å². The first-order valence-electron chi connectivity index (χ1n) is 7.26. The molecule has 0 aliphatic carbocycles. The molecule has 1 unspecified atom stereocenters. The monoisotopic (exact) mass is 285 g/mol. The molecule has 21 heavy (non-hydrogen) atoms. The van der Waals surface area contributed by atoms with E-state index in [1.165, 1.54) is 0 Å². The van der Waals surface area contributed by atoms with Gasteiger partial charge in [-0.3, -0.25) is 9.78 Å². The van der Waals surface area contributed by atoms with Gasteiger partial charge in [0.15, 0.2) is 0 Å². The molecular formula is C16H19N3O2. The number of aromatic nitrogens is 2. The van der Waals surface area contributed by atoms with Crippen LogP contribution < -0.4 is 4.74 Å². The van der Waals surface area contributed by atoms with Gasteiger partial charge in [-0.05, 0) is 37.1 Å². The second-order valence-electron chi connectivity index (χ2n) is 5.26. The number of hydrogen-bond acceptors (Lipinski definition) is 3. The van der Waals surface area contributed by atoms with Crippen LogP contribution in [0.2, 0.25) is 0 Å². The molecule has 5 nitrogen and oxygen atoms in total. The number of pyridine rings is 1. The number of likely N-dealkylation sites (tertiary alicyclic amines) is 1. The molecule has 1 atom stereocenters. The largest absolute Gasteiger partial charge is 0.488 e. The lowest BCUT2D eigenvalue weighted by Gasteiger charge is -2.33. The van der Waals surface area contributed by atoms with Crippen molar-refractivity contribution >= 4 is 5.91 Å². The highest BCUT2D eigenvalue weighted by Gasteiger charge is 2.24. The van der Waals surface area contributed by atoms with Crippen molar-refractivity contribution in [3.8, 4) is 5.75 Å². The lowest BCUT2D eigenvalue weighted by atomic mass is 10.1. The smallest absolute Gasteiger partial charge is 0.242 e. The molecule has 0 N–H and O–H groups in total. The molecule has 2 aromatic heterocycles. The van der Waals surface area contributed by atoms with Crippen molar-refractivity contribution < 1.29 is 9.53 Å². The fourth-order valence-corrected chi connectivity index (χ4v) is 2.60. The topological polar surface area (TPSA) is 47.4 Å². The summed E-state index contributed by atoms with van der Waals surface area (Å²) in [6.45, 7) is 1.87. The third-order valence-electron chi connectivity index (χ3n) is 3.67. The molecule has 110 valence electrons. The summed E-state index contributed by atoms with van der Waals surface area (Å²) in [5, 5.41) is 0. The standard InChI is InChI=1S/C16H19N3O2/c20-16(13-18-9-1-2-10-18)19-11-3-4-15(12-19)21-14-5-7-17-8-6-14/h1-2,5-10,15H,3-4,11-13H2. The Hall–Kier alpha value is -2.30. The number of ether oxygens (including phenoxy) is 1. The maximum Gasteiger partial charge on any atom is 0.242 e. The summed E-state index contributed by atoms with van der Waals surface area (Å²) in [6, 6.07) is 7.55. The molecule has 0 spiro atoms.